The monoisotopic (exact) mass is 653 g/mol. The summed E-state index contributed by atoms with van der Waals surface area (Å²) in [6.07, 6.45) is -2.67. The number of phenols is 2. The number of likely N-dealkylation sites (tertiary alicyclic amines) is 1. The predicted molar refractivity (Wildman–Crippen MR) is 167 cm³/mol. The minimum absolute atomic E-state index is 0.176. The van der Waals surface area contributed by atoms with Crippen LogP contribution in [0.3, 0.4) is 0 Å². The van der Waals surface area contributed by atoms with Gasteiger partial charge in [-0.15, -0.1) is 0 Å². The lowest BCUT2D eigenvalue weighted by molar-refractivity contribution is -0.170. The fourth-order valence-corrected chi connectivity index (χ4v) is 5.42. The molecule has 47 heavy (non-hydrogen) atoms. The van der Waals surface area contributed by atoms with Crippen LogP contribution in [0.1, 0.15) is 42.6 Å². The van der Waals surface area contributed by atoms with Gasteiger partial charge in [0.25, 0.3) is 0 Å². The highest BCUT2D eigenvalue weighted by atomic mass is 19.1. The molecule has 1 atom stereocenters. The van der Waals surface area contributed by atoms with Crippen molar-refractivity contribution in [2.24, 2.45) is 5.92 Å². The van der Waals surface area contributed by atoms with E-state index in [1.54, 1.807) is 30.3 Å². The van der Waals surface area contributed by atoms with Crippen molar-refractivity contribution in [3.63, 3.8) is 0 Å². The molecule has 2 heterocycles. The smallest absolute Gasteiger partial charge is 0.336 e. The van der Waals surface area contributed by atoms with Gasteiger partial charge in [-0.1, -0.05) is 24.3 Å². The number of aromatic hydroxyl groups is 2. The molecule has 3 aromatic rings. The standard InChI is InChI=1S/C28H28FNO4.C6H8O7/c1-18-25-14-23(32)7-10-26(25)34-28(27(18)21-3-2-4-22(31)13-21)20-5-8-24(9-6-20)33-12-11-30-16-19(15-29)17-30;7-3(8)1-6(13,5(11)12)2-4(9)10/h2-10,13-14,19,28,31-32H,11-12,15-17H2,1H3;13H,1-2H2,(H,7,8)(H,9,10)(H,11,12). The molecule has 1 saturated heterocycles. The highest BCUT2D eigenvalue weighted by Crippen LogP contribution is 2.47. The summed E-state index contributed by atoms with van der Waals surface area (Å²) in [5.41, 5.74) is 1.82. The van der Waals surface area contributed by atoms with Gasteiger partial charge in [-0.05, 0) is 66.1 Å². The SMILES string of the molecule is CC1=C(c2cccc(O)c2)C(c2ccc(OCCN3CC(CF)C3)cc2)Oc2ccc(O)cc21.O=C(O)CC(O)(CC(=O)O)C(=O)O. The number of rotatable bonds is 12. The lowest BCUT2D eigenvalue weighted by atomic mass is 9.86. The first kappa shape index (κ1) is 34.7. The third-order valence-electron chi connectivity index (χ3n) is 7.83. The minimum atomic E-state index is -2.74. The summed E-state index contributed by atoms with van der Waals surface area (Å²) in [5.74, 6) is -3.01. The van der Waals surface area contributed by atoms with Crippen molar-refractivity contribution in [2.45, 2.75) is 31.5 Å². The molecule has 0 bridgehead atoms. The Morgan fingerprint density at radius 2 is 1.57 bits per heavy atom. The highest BCUT2D eigenvalue weighted by molar-refractivity contribution is 5.96. The number of allylic oxidation sites excluding steroid dienone is 1. The van der Waals surface area contributed by atoms with Gasteiger partial charge in [0.1, 0.15) is 35.7 Å². The van der Waals surface area contributed by atoms with Crippen LogP contribution in [0.15, 0.2) is 66.7 Å². The summed E-state index contributed by atoms with van der Waals surface area (Å²) in [7, 11) is 0. The molecule has 5 rings (SSSR count). The van der Waals surface area contributed by atoms with Crippen molar-refractivity contribution in [3.05, 3.63) is 83.4 Å². The van der Waals surface area contributed by atoms with E-state index in [0.717, 1.165) is 53.2 Å². The molecule has 0 aliphatic carbocycles. The summed E-state index contributed by atoms with van der Waals surface area (Å²) in [6, 6.07) is 20.1. The number of benzene rings is 3. The van der Waals surface area contributed by atoms with Gasteiger partial charge in [0.05, 0.1) is 19.5 Å². The van der Waals surface area contributed by atoms with Crippen LogP contribution in [0.4, 0.5) is 4.39 Å². The Morgan fingerprint density at radius 3 is 2.15 bits per heavy atom. The van der Waals surface area contributed by atoms with Crippen molar-refractivity contribution in [1.82, 2.24) is 4.90 Å². The molecule has 0 saturated carbocycles. The zero-order valence-electron chi connectivity index (χ0n) is 25.5. The molecule has 2 aliphatic rings. The number of alkyl halides is 1. The number of halogens is 1. The van der Waals surface area contributed by atoms with Gasteiger partial charge in [-0.3, -0.25) is 18.9 Å². The summed E-state index contributed by atoms with van der Waals surface area (Å²) in [5, 5.41) is 53.9. The van der Waals surface area contributed by atoms with Crippen molar-refractivity contribution >= 4 is 29.1 Å². The maximum absolute atomic E-state index is 12.6. The maximum atomic E-state index is 12.6. The lowest BCUT2D eigenvalue weighted by Gasteiger charge is -2.37. The molecular formula is C34H36FNO11. The highest BCUT2D eigenvalue weighted by Gasteiger charge is 2.40. The Bertz CT molecular complexity index is 1620. The zero-order chi connectivity index (χ0) is 34.3. The largest absolute Gasteiger partial charge is 0.508 e. The number of carbonyl (C=O) groups is 3. The number of phenolic OH excluding ortho intramolecular Hbond substituents is 2. The van der Waals surface area contributed by atoms with Crippen LogP contribution in [0.2, 0.25) is 0 Å². The number of carboxylic acids is 3. The molecule has 1 fully saturated rings. The fraction of sp³-hybridized carbons (Fsp3) is 0.324. The first-order valence-electron chi connectivity index (χ1n) is 14.7. The molecule has 3 aromatic carbocycles. The average molecular weight is 654 g/mol. The Morgan fingerprint density at radius 1 is 0.936 bits per heavy atom. The number of ether oxygens (including phenoxy) is 2. The fourth-order valence-electron chi connectivity index (χ4n) is 5.42. The Labute approximate surface area is 269 Å². The van der Waals surface area contributed by atoms with Crippen LogP contribution in [-0.4, -0.2) is 92.0 Å². The molecule has 0 amide bonds. The molecule has 0 radical (unpaired) electrons. The maximum Gasteiger partial charge on any atom is 0.336 e. The number of aliphatic carboxylic acids is 3. The van der Waals surface area contributed by atoms with E-state index in [-0.39, 0.29) is 30.2 Å². The van der Waals surface area contributed by atoms with Crippen LogP contribution in [0.25, 0.3) is 11.1 Å². The van der Waals surface area contributed by atoms with Crippen LogP contribution in [0.5, 0.6) is 23.0 Å². The minimum Gasteiger partial charge on any atom is -0.508 e. The van der Waals surface area contributed by atoms with Crippen LogP contribution < -0.4 is 9.47 Å². The number of aliphatic hydroxyl groups is 1. The summed E-state index contributed by atoms with van der Waals surface area (Å²) < 4.78 is 24.9. The van der Waals surface area contributed by atoms with Crippen molar-refractivity contribution < 1.29 is 58.9 Å². The number of nitrogens with zero attached hydrogens (tertiary/aromatic N) is 1. The number of fused-ring (bicyclic) bond motifs is 1. The summed E-state index contributed by atoms with van der Waals surface area (Å²) in [6.45, 7) is 4.72. The van der Waals surface area contributed by atoms with Crippen LogP contribution >= 0.6 is 0 Å². The molecule has 6 N–H and O–H groups in total. The first-order chi connectivity index (χ1) is 22.3. The van der Waals surface area contributed by atoms with Crippen molar-refractivity contribution in [2.75, 3.05) is 32.9 Å². The van der Waals surface area contributed by atoms with E-state index < -0.39 is 36.4 Å². The third kappa shape index (κ3) is 8.77. The van der Waals surface area contributed by atoms with Gasteiger partial charge in [-0.25, -0.2) is 4.79 Å². The van der Waals surface area contributed by atoms with E-state index in [0.29, 0.717) is 12.4 Å². The number of hydrogen-bond donors (Lipinski definition) is 6. The molecule has 12 nitrogen and oxygen atoms in total. The van der Waals surface area contributed by atoms with E-state index in [1.165, 1.54) is 0 Å². The molecule has 0 aromatic heterocycles. The van der Waals surface area contributed by atoms with E-state index in [9.17, 15) is 29.0 Å². The Kier molecular flexibility index (Phi) is 11.1. The third-order valence-corrected chi connectivity index (χ3v) is 7.83. The van der Waals surface area contributed by atoms with E-state index in [4.69, 9.17) is 29.9 Å². The van der Waals surface area contributed by atoms with E-state index in [2.05, 4.69) is 4.90 Å². The average Bonchev–Trinajstić information content (AvgIpc) is 2.98. The van der Waals surface area contributed by atoms with Crippen molar-refractivity contribution in [1.29, 1.82) is 0 Å². The van der Waals surface area contributed by atoms with E-state index in [1.807, 2.05) is 43.3 Å². The summed E-state index contributed by atoms with van der Waals surface area (Å²) in [4.78, 5) is 32.7. The van der Waals surface area contributed by atoms with Crippen LogP contribution in [0, 0.1) is 5.92 Å². The predicted octanol–water partition coefficient (Wildman–Crippen LogP) is 4.19. The van der Waals surface area contributed by atoms with Crippen LogP contribution in [-0.2, 0) is 14.4 Å². The normalized spacial score (nSPS) is 16.2. The van der Waals surface area contributed by atoms with Gasteiger partial charge < -0.3 is 40.1 Å². The Balaban J connectivity index is 0.000000328. The molecule has 2 aliphatic heterocycles. The lowest BCUT2D eigenvalue weighted by Crippen LogP contribution is -2.49. The molecular weight excluding hydrogens is 617 g/mol. The topological polar surface area (TPSA) is 194 Å². The van der Waals surface area contributed by atoms with Gasteiger partial charge in [0.15, 0.2) is 5.60 Å². The van der Waals surface area contributed by atoms with E-state index >= 15 is 0 Å². The second kappa shape index (κ2) is 15.0. The van der Waals surface area contributed by atoms with Gasteiger partial charge in [0.2, 0.25) is 0 Å². The van der Waals surface area contributed by atoms with Crippen molar-refractivity contribution in [3.8, 4) is 23.0 Å². The molecule has 250 valence electrons. The molecule has 1 unspecified atom stereocenters. The quantitative estimate of drug-likeness (QED) is 0.163. The molecule has 0 spiro atoms. The van der Waals surface area contributed by atoms with Gasteiger partial charge >= 0.3 is 17.9 Å². The number of hydrogen-bond acceptors (Lipinski definition) is 9. The zero-order valence-corrected chi connectivity index (χ0v) is 25.5. The molecule has 13 heteroatoms. The van der Waals surface area contributed by atoms with Gasteiger partial charge in [-0.2, -0.15) is 0 Å². The van der Waals surface area contributed by atoms with Gasteiger partial charge in [0, 0.05) is 36.7 Å². The second-order valence-corrected chi connectivity index (χ2v) is 11.4. The summed E-state index contributed by atoms with van der Waals surface area (Å²) >= 11 is 0. The second-order valence-electron chi connectivity index (χ2n) is 11.4. The Hall–Kier alpha value is -5.14. The first-order valence-corrected chi connectivity index (χ1v) is 14.7. The number of carboxylic acid groups (broad SMARTS) is 3.